The fraction of sp³-hybridized carbons (Fsp3) is 0.242. The van der Waals surface area contributed by atoms with Gasteiger partial charge in [-0.2, -0.15) is 0 Å². The monoisotopic (exact) mass is 621 g/mol. The van der Waals surface area contributed by atoms with Crippen LogP contribution in [0.3, 0.4) is 0 Å². The van der Waals surface area contributed by atoms with Gasteiger partial charge >= 0.3 is 0 Å². The lowest BCUT2D eigenvalue weighted by Crippen LogP contribution is -2.25. The number of aryl methyl sites for hydroxylation is 2. The van der Waals surface area contributed by atoms with Crippen LogP contribution in [0.2, 0.25) is 0 Å². The van der Waals surface area contributed by atoms with Gasteiger partial charge in [-0.3, -0.25) is 9.59 Å². The Hall–Kier alpha value is -4.61. The zero-order valence-electron chi connectivity index (χ0n) is 25.2. The summed E-state index contributed by atoms with van der Waals surface area (Å²) in [5.74, 6) is 0.942. The molecule has 0 unspecified atom stereocenters. The van der Waals surface area contributed by atoms with Crippen molar-refractivity contribution in [3.05, 3.63) is 86.4 Å². The molecule has 0 saturated carbocycles. The Kier molecular flexibility index (Phi) is 6.74. The molecule has 0 radical (unpaired) electrons. The number of anilines is 2. The lowest BCUT2D eigenvalue weighted by molar-refractivity contribution is 0.846. The van der Waals surface area contributed by atoms with Crippen LogP contribution in [-0.2, 0) is 0 Å². The highest BCUT2D eigenvalue weighted by atomic mass is 32.1. The molecule has 0 atom stereocenters. The highest BCUT2D eigenvalue weighted by Gasteiger charge is 2.23. The van der Waals surface area contributed by atoms with Crippen molar-refractivity contribution < 1.29 is 0 Å². The van der Waals surface area contributed by atoms with Crippen LogP contribution in [0.15, 0.2) is 64.2 Å². The fourth-order valence-corrected chi connectivity index (χ4v) is 7.42. The number of rotatable bonds is 6. The van der Waals surface area contributed by atoms with E-state index in [-0.39, 0.29) is 23.2 Å². The molecule has 44 heavy (non-hydrogen) atoms. The molecule has 222 valence electrons. The highest BCUT2D eigenvalue weighted by molar-refractivity contribution is 7.27. The zero-order valence-corrected chi connectivity index (χ0v) is 26.9. The smallest absolute Gasteiger partial charge is 0.277 e. The summed E-state index contributed by atoms with van der Waals surface area (Å²) >= 11 is 2.65. The van der Waals surface area contributed by atoms with Gasteiger partial charge in [-0.1, -0.05) is 35.4 Å². The van der Waals surface area contributed by atoms with Gasteiger partial charge in [0.1, 0.15) is 30.1 Å². The average Bonchev–Trinajstić information content (AvgIpc) is 3.51. The molecule has 0 aliphatic rings. The first-order valence-electron chi connectivity index (χ1n) is 14.5. The minimum atomic E-state index is -0.152. The summed E-state index contributed by atoms with van der Waals surface area (Å²) in [7, 11) is 0. The van der Waals surface area contributed by atoms with E-state index in [9.17, 15) is 9.59 Å². The SMILES string of the molecule is Cc1ccc(-n2c(NC(C)C)nc3c(sc4nc5sc6c(=O)n(-c7ccc(C)cc7)c(NC(C)C)nc6c5cc43)c2=O)cc1. The van der Waals surface area contributed by atoms with Crippen molar-refractivity contribution in [1.82, 2.24) is 24.1 Å². The van der Waals surface area contributed by atoms with E-state index in [0.29, 0.717) is 42.0 Å². The van der Waals surface area contributed by atoms with Gasteiger partial charge < -0.3 is 10.6 Å². The highest BCUT2D eigenvalue weighted by Crippen LogP contribution is 2.38. The quantitative estimate of drug-likeness (QED) is 0.203. The summed E-state index contributed by atoms with van der Waals surface area (Å²) < 4.78 is 4.32. The molecule has 0 aliphatic heterocycles. The molecule has 0 aliphatic carbocycles. The molecule has 0 bridgehead atoms. The average molecular weight is 622 g/mol. The number of aromatic nitrogens is 5. The first kappa shape index (κ1) is 28.2. The molecule has 7 rings (SSSR count). The Bertz CT molecular complexity index is 2180. The number of thiophene rings is 2. The lowest BCUT2D eigenvalue weighted by atomic mass is 10.2. The molecule has 7 aromatic rings. The van der Waals surface area contributed by atoms with E-state index in [0.717, 1.165) is 33.3 Å². The van der Waals surface area contributed by atoms with Crippen molar-refractivity contribution in [1.29, 1.82) is 0 Å². The summed E-state index contributed by atoms with van der Waals surface area (Å²) in [6.45, 7) is 12.1. The number of pyridine rings is 1. The van der Waals surface area contributed by atoms with Crippen molar-refractivity contribution in [3.8, 4) is 11.4 Å². The van der Waals surface area contributed by atoms with Crippen molar-refractivity contribution in [2.24, 2.45) is 0 Å². The minimum Gasteiger partial charge on any atom is -0.353 e. The Balaban J connectivity index is 1.51. The van der Waals surface area contributed by atoms with Crippen LogP contribution in [0.25, 0.3) is 52.2 Å². The Labute approximate surface area is 260 Å². The third-order valence-corrected chi connectivity index (χ3v) is 9.52. The molecule has 2 N–H and O–H groups in total. The third kappa shape index (κ3) is 4.63. The van der Waals surface area contributed by atoms with Crippen LogP contribution in [0.4, 0.5) is 11.9 Å². The van der Waals surface area contributed by atoms with Crippen molar-refractivity contribution in [3.63, 3.8) is 0 Å². The Morgan fingerprint density at radius 1 is 0.614 bits per heavy atom. The second-order valence-electron chi connectivity index (χ2n) is 11.7. The van der Waals surface area contributed by atoms with Crippen LogP contribution in [0, 0.1) is 13.8 Å². The molecule has 11 heteroatoms. The maximum absolute atomic E-state index is 14.0. The maximum atomic E-state index is 14.0. The summed E-state index contributed by atoms with van der Waals surface area (Å²) in [6.07, 6.45) is 0. The van der Waals surface area contributed by atoms with Crippen molar-refractivity contribution in [2.45, 2.75) is 53.6 Å². The largest absolute Gasteiger partial charge is 0.353 e. The van der Waals surface area contributed by atoms with E-state index in [1.165, 1.54) is 22.7 Å². The van der Waals surface area contributed by atoms with Gasteiger partial charge in [0.05, 0.1) is 11.4 Å². The van der Waals surface area contributed by atoms with Gasteiger partial charge in [0.25, 0.3) is 11.1 Å². The molecule has 0 saturated heterocycles. The predicted molar refractivity (Wildman–Crippen MR) is 184 cm³/mol. The normalized spacial score (nSPS) is 12.0. The number of benzene rings is 2. The fourth-order valence-electron chi connectivity index (χ4n) is 5.31. The van der Waals surface area contributed by atoms with Crippen molar-refractivity contribution >= 4 is 75.4 Å². The Morgan fingerprint density at radius 3 is 1.36 bits per heavy atom. The molecular weight excluding hydrogens is 591 g/mol. The number of nitrogens with one attached hydrogen (secondary N) is 2. The van der Waals surface area contributed by atoms with Crippen molar-refractivity contribution in [2.75, 3.05) is 10.6 Å². The summed E-state index contributed by atoms with van der Waals surface area (Å²) in [6, 6.07) is 17.8. The Morgan fingerprint density at radius 2 is 1.00 bits per heavy atom. The van der Waals surface area contributed by atoms with Gasteiger partial charge in [-0.15, -0.1) is 22.7 Å². The molecule has 9 nitrogen and oxygen atoms in total. The lowest BCUT2D eigenvalue weighted by Gasteiger charge is -2.16. The number of nitrogens with zero attached hydrogens (tertiary/aromatic N) is 5. The standard InChI is InChI=1S/C33H31N7O2S2/c1-16(2)34-32-36-24-22-15-23-25-27(31(42)40(33(37-25)35-17(3)4)21-13-9-19(6)10-14-21)44-29(23)38-28(22)43-26(24)30(41)39(32)20-11-7-18(5)8-12-20/h7-17H,1-6H3,(H,34,36)(H,35,37). The predicted octanol–water partition coefficient (Wildman–Crippen LogP) is 7.17. The van der Waals surface area contributed by atoms with Crippen LogP contribution >= 0.6 is 22.7 Å². The first-order valence-corrected chi connectivity index (χ1v) is 16.1. The topological polar surface area (TPSA) is 107 Å². The number of hydrogen-bond donors (Lipinski definition) is 2. The van der Waals surface area contributed by atoms with E-state index in [4.69, 9.17) is 15.0 Å². The molecule has 5 aromatic heterocycles. The number of hydrogen-bond acceptors (Lipinski definition) is 9. The van der Waals surface area contributed by atoms with Crippen LogP contribution < -0.4 is 21.8 Å². The maximum Gasteiger partial charge on any atom is 0.277 e. The van der Waals surface area contributed by atoms with Gasteiger partial charge in [0, 0.05) is 22.9 Å². The molecule has 0 amide bonds. The van der Waals surface area contributed by atoms with Gasteiger partial charge in [0.2, 0.25) is 11.9 Å². The van der Waals surface area contributed by atoms with Crippen LogP contribution in [0.5, 0.6) is 0 Å². The molecule has 0 spiro atoms. The molecule has 2 aromatic carbocycles. The van der Waals surface area contributed by atoms with E-state index < -0.39 is 0 Å². The summed E-state index contributed by atoms with van der Waals surface area (Å²) in [4.78, 5) is 44.4. The molecule has 5 heterocycles. The van der Waals surface area contributed by atoms with E-state index in [1.807, 2.05) is 96.1 Å². The summed E-state index contributed by atoms with van der Waals surface area (Å²) in [5, 5.41) is 8.26. The van der Waals surface area contributed by atoms with E-state index in [2.05, 4.69) is 10.6 Å². The van der Waals surface area contributed by atoms with E-state index in [1.54, 1.807) is 9.13 Å². The second kappa shape index (κ2) is 10.5. The van der Waals surface area contributed by atoms with E-state index >= 15 is 0 Å². The summed E-state index contributed by atoms with van der Waals surface area (Å²) in [5.41, 5.74) is 4.58. The van der Waals surface area contributed by atoms with Crippen LogP contribution in [0.1, 0.15) is 38.8 Å². The van der Waals surface area contributed by atoms with Gasteiger partial charge in [0.15, 0.2) is 0 Å². The third-order valence-electron chi connectivity index (χ3n) is 7.36. The first-order chi connectivity index (χ1) is 21.1. The number of fused-ring (bicyclic) bond motifs is 6. The van der Waals surface area contributed by atoms with Gasteiger partial charge in [-0.25, -0.2) is 24.1 Å². The van der Waals surface area contributed by atoms with Gasteiger partial charge in [-0.05, 0) is 71.9 Å². The molecule has 0 fully saturated rings. The van der Waals surface area contributed by atoms with Crippen LogP contribution in [-0.4, -0.2) is 36.2 Å². The molecular formula is C33H31N7O2S2. The second-order valence-corrected chi connectivity index (χ2v) is 13.7. The minimum absolute atomic E-state index is 0.0541. The zero-order chi connectivity index (χ0) is 30.9.